The summed E-state index contributed by atoms with van der Waals surface area (Å²) in [6.45, 7) is 2.07. The largest absolute Gasteiger partial charge is 0.466 e. The molecular formula is C9H10N2O3. The van der Waals surface area contributed by atoms with E-state index in [-0.39, 0.29) is 12.4 Å². The first-order valence-corrected chi connectivity index (χ1v) is 4.18. The number of hydrogen-bond donors (Lipinski definition) is 0. The minimum atomic E-state index is -0.369. The van der Waals surface area contributed by atoms with Crippen LogP contribution in [0.4, 0.5) is 0 Å². The highest BCUT2D eigenvalue weighted by molar-refractivity contribution is 5.74. The van der Waals surface area contributed by atoms with E-state index in [0.29, 0.717) is 24.3 Å². The highest BCUT2D eigenvalue weighted by atomic mass is 16.5. The first-order valence-electron chi connectivity index (χ1n) is 4.18. The number of aromatic nitrogens is 2. The highest BCUT2D eigenvalue weighted by Gasteiger charge is 2.05. The zero-order valence-electron chi connectivity index (χ0n) is 7.77. The van der Waals surface area contributed by atoms with E-state index in [1.807, 2.05) is 0 Å². The Morgan fingerprint density at radius 3 is 2.64 bits per heavy atom. The van der Waals surface area contributed by atoms with E-state index in [0.717, 1.165) is 0 Å². The van der Waals surface area contributed by atoms with E-state index < -0.39 is 0 Å². The number of hydrogen-bond acceptors (Lipinski definition) is 5. The zero-order chi connectivity index (χ0) is 10.4. The lowest BCUT2D eigenvalue weighted by atomic mass is 10.3. The van der Waals surface area contributed by atoms with Crippen molar-refractivity contribution >= 4 is 12.3 Å². The fourth-order valence-electron chi connectivity index (χ4n) is 0.858. The Bertz CT molecular complexity index is 321. The van der Waals surface area contributed by atoms with E-state index in [2.05, 4.69) is 9.97 Å². The number of rotatable bonds is 4. The molecule has 0 amide bonds. The molecule has 0 saturated heterocycles. The third-order valence-corrected chi connectivity index (χ3v) is 1.47. The fourth-order valence-corrected chi connectivity index (χ4v) is 0.858. The average Bonchev–Trinajstić information content (AvgIpc) is 2.19. The van der Waals surface area contributed by atoms with Crippen molar-refractivity contribution in [1.29, 1.82) is 0 Å². The monoisotopic (exact) mass is 194 g/mol. The Morgan fingerprint density at radius 1 is 1.50 bits per heavy atom. The molecule has 14 heavy (non-hydrogen) atoms. The van der Waals surface area contributed by atoms with Crippen molar-refractivity contribution in [3.63, 3.8) is 0 Å². The maximum Gasteiger partial charge on any atom is 0.313 e. The maximum absolute atomic E-state index is 11.0. The third kappa shape index (κ3) is 2.93. The van der Waals surface area contributed by atoms with Crippen molar-refractivity contribution in [2.45, 2.75) is 13.3 Å². The summed E-state index contributed by atoms with van der Waals surface area (Å²) in [6, 6.07) is 0. The van der Waals surface area contributed by atoms with Gasteiger partial charge in [-0.2, -0.15) is 0 Å². The van der Waals surface area contributed by atoms with E-state index in [4.69, 9.17) is 4.74 Å². The predicted octanol–water partition coefficient (Wildman–Crippen LogP) is 0.395. The van der Waals surface area contributed by atoms with Gasteiger partial charge >= 0.3 is 5.97 Å². The fraction of sp³-hybridized carbons (Fsp3) is 0.333. The summed E-state index contributed by atoms with van der Waals surface area (Å²) in [5.74, 6) is -0.0135. The SMILES string of the molecule is CCOC(=O)Cc1ncc(C=O)cn1. The molecule has 1 heterocycles. The van der Waals surface area contributed by atoms with E-state index in [9.17, 15) is 9.59 Å². The molecule has 0 radical (unpaired) electrons. The molecule has 0 spiro atoms. The van der Waals surface area contributed by atoms with Crippen molar-refractivity contribution in [3.05, 3.63) is 23.8 Å². The van der Waals surface area contributed by atoms with Gasteiger partial charge in [0.15, 0.2) is 6.29 Å². The Labute approximate surface area is 81.1 Å². The van der Waals surface area contributed by atoms with Gasteiger partial charge in [-0.3, -0.25) is 9.59 Å². The molecule has 1 aromatic rings. The second-order valence-electron chi connectivity index (χ2n) is 2.53. The summed E-state index contributed by atoms with van der Waals surface area (Å²) >= 11 is 0. The molecule has 0 aliphatic carbocycles. The summed E-state index contributed by atoms with van der Waals surface area (Å²) in [4.78, 5) is 28.9. The molecule has 0 aliphatic rings. The average molecular weight is 194 g/mol. The van der Waals surface area contributed by atoms with Gasteiger partial charge in [-0.05, 0) is 6.92 Å². The van der Waals surface area contributed by atoms with Crippen LogP contribution in [0, 0.1) is 0 Å². The zero-order valence-corrected chi connectivity index (χ0v) is 7.77. The Morgan fingerprint density at radius 2 is 2.14 bits per heavy atom. The number of nitrogens with zero attached hydrogens (tertiary/aromatic N) is 2. The van der Waals surface area contributed by atoms with Crippen molar-refractivity contribution in [3.8, 4) is 0 Å². The minimum absolute atomic E-state index is 0.0347. The molecule has 5 nitrogen and oxygen atoms in total. The van der Waals surface area contributed by atoms with Crippen LogP contribution < -0.4 is 0 Å². The molecule has 74 valence electrons. The lowest BCUT2D eigenvalue weighted by Crippen LogP contribution is -2.10. The Balaban J connectivity index is 2.59. The van der Waals surface area contributed by atoms with Gasteiger partial charge in [0.1, 0.15) is 12.2 Å². The summed E-state index contributed by atoms with van der Waals surface area (Å²) < 4.78 is 4.71. The lowest BCUT2D eigenvalue weighted by Gasteiger charge is -1.99. The van der Waals surface area contributed by atoms with Crippen molar-refractivity contribution in [2.24, 2.45) is 0 Å². The summed E-state index contributed by atoms with van der Waals surface area (Å²) in [5, 5.41) is 0. The molecular weight excluding hydrogens is 184 g/mol. The van der Waals surface area contributed by atoms with Crippen LogP contribution in [0.3, 0.4) is 0 Å². The minimum Gasteiger partial charge on any atom is -0.466 e. The molecule has 0 aliphatic heterocycles. The molecule has 0 N–H and O–H groups in total. The van der Waals surface area contributed by atoms with Gasteiger partial charge in [0, 0.05) is 12.4 Å². The highest BCUT2D eigenvalue weighted by Crippen LogP contribution is 1.95. The molecule has 1 aromatic heterocycles. The van der Waals surface area contributed by atoms with Gasteiger partial charge in [-0.1, -0.05) is 0 Å². The molecule has 0 unspecified atom stereocenters. The first-order chi connectivity index (χ1) is 6.76. The van der Waals surface area contributed by atoms with E-state index in [1.54, 1.807) is 6.92 Å². The van der Waals surface area contributed by atoms with Crippen molar-refractivity contribution in [2.75, 3.05) is 6.61 Å². The van der Waals surface area contributed by atoms with Crippen LogP contribution >= 0.6 is 0 Å². The topological polar surface area (TPSA) is 69.2 Å². The molecule has 0 saturated carbocycles. The maximum atomic E-state index is 11.0. The van der Waals surface area contributed by atoms with Crippen molar-refractivity contribution in [1.82, 2.24) is 9.97 Å². The van der Waals surface area contributed by atoms with Crippen molar-refractivity contribution < 1.29 is 14.3 Å². The van der Waals surface area contributed by atoms with Gasteiger partial charge in [0.2, 0.25) is 0 Å². The molecule has 1 rings (SSSR count). The standard InChI is InChI=1S/C9H10N2O3/c1-2-14-9(13)3-8-10-4-7(6-12)5-11-8/h4-6H,2-3H2,1H3. The van der Waals surface area contributed by atoms with Crippen LogP contribution in [0.5, 0.6) is 0 Å². The summed E-state index contributed by atoms with van der Waals surface area (Å²) in [6.07, 6.45) is 3.42. The molecule has 5 heteroatoms. The second kappa shape index (κ2) is 5.06. The third-order valence-electron chi connectivity index (χ3n) is 1.47. The molecule has 0 atom stereocenters. The number of carbonyl (C=O) groups excluding carboxylic acids is 2. The summed E-state index contributed by atoms with van der Waals surface area (Å²) in [5.41, 5.74) is 0.387. The van der Waals surface area contributed by atoms with Gasteiger partial charge in [0.05, 0.1) is 12.2 Å². The van der Waals surface area contributed by atoms with Crippen LogP contribution in [-0.2, 0) is 16.0 Å². The molecule has 0 fully saturated rings. The Hall–Kier alpha value is -1.78. The number of aldehydes is 1. The number of esters is 1. The molecule has 0 aromatic carbocycles. The van der Waals surface area contributed by atoms with Crippen LogP contribution in [0.25, 0.3) is 0 Å². The van der Waals surface area contributed by atoms with Gasteiger partial charge in [0.25, 0.3) is 0 Å². The predicted molar refractivity (Wildman–Crippen MR) is 47.8 cm³/mol. The number of ether oxygens (including phenoxy) is 1. The van der Waals surface area contributed by atoms with Gasteiger partial charge < -0.3 is 4.74 Å². The van der Waals surface area contributed by atoms with E-state index >= 15 is 0 Å². The smallest absolute Gasteiger partial charge is 0.313 e. The Kier molecular flexibility index (Phi) is 3.72. The lowest BCUT2D eigenvalue weighted by molar-refractivity contribution is -0.142. The van der Waals surface area contributed by atoms with E-state index in [1.165, 1.54) is 12.4 Å². The quantitative estimate of drug-likeness (QED) is 0.512. The normalized spacial score (nSPS) is 9.50. The van der Waals surface area contributed by atoms with Crippen LogP contribution in [0.1, 0.15) is 23.1 Å². The first kappa shape index (κ1) is 10.3. The summed E-state index contributed by atoms with van der Waals surface area (Å²) in [7, 11) is 0. The van der Waals surface area contributed by atoms with Crippen LogP contribution in [0.15, 0.2) is 12.4 Å². The molecule has 0 bridgehead atoms. The van der Waals surface area contributed by atoms with Crippen LogP contribution in [0.2, 0.25) is 0 Å². The van der Waals surface area contributed by atoms with Crippen LogP contribution in [-0.4, -0.2) is 28.8 Å². The van der Waals surface area contributed by atoms with Gasteiger partial charge in [-0.25, -0.2) is 9.97 Å². The number of carbonyl (C=O) groups is 2. The second-order valence-corrected chi connectivity index (χ2v) is 2.53. The van der Waals surface area contributed by atoms with Gasteiger partial charge in [-0.15, -0.1) is 0 Å².